The molecule has 2 atom stereocenters. The Morgan fingerprint density at radius 1 is 0.508 bits per heavy atom. The van der Waals surface area contributed by atoms with Crippen molar-refractivity contribution in [3.05, 3.63) is 60.8 Å². The summed E-state index contributed by atoms with van der Waals surface area (Å²) in [5.41, 5.74) is 5.34. The fourth-order valence-electron chi connectivity index (χ4n) is 6.78. The van der Waals surface area contributed by atoms with E-state index >= 15 is 0 Å². The number of carbonyl (C=O) groups excluding carboxylic acids is 2. The number of carbonyl (C=O) groups is 2. The highest BCUT2D eigenvalue weighted by atomic mass is 31.2. The second-order valence-corrected chi connectivity index (χ2v) is 17.8. The Bertz CT molecular complexity index is 1180. The van der Waals surface area contributed by atoms with Crippen molar-refractivity contribution >= 4 is 19.8 Å². The largest absolute Gasteiger partial charge is 0.472 e. The van der Waals surface area contributed by atoms with Gasteiger partial charge in [0, 0.05) is 19.4 Å². The Kier molecular flexibility index (Phi) is 45.4. The van der Waals surface area contributed by atoms with Crippen molar-refractivity contribution in [1.29, 1.82) is 0 Å². The quantitative estimate of drug-likeness (QED) is 0.0265. The van der Waals surface area contributed by atoms with Crippen LogP contribution in [-0.2, 0) is 32.7 Å². The van der Waals surface area contributed by atoms with E-state index < -0.39 is 26.5 Å². The summed E-state index contributed by atoms with van der Waals surface area (Å²) in [6.07, 6.45) is 57.3. The van der Waals surface area contributed by atoms with Gasteiger partial charge in [-0.1, -0.05) is 209 Å². The number of allylic oxidation sites excluding steroid dienone is 10. The van der Waals surface area contributed by atoms with E-state index in [-0.39, 0.29) is 38.6 Å². The molecule has 0 aliphatic heterocycles. The molecule has 3 N–H and O–H groups in total. The molecule has 10 heteroatoms. The molecule has 354 valence electrons. The topological polar surface area (TPSA) is 134 Å². The fraction of sp³-hybridized carbons (Fsp3) is 0.765. The average Bonchev–Trinajstić information content (AvgIpc) is 3.25. The molecule has 0 aliphatic rings. The third-order valence-corrected chi connectivity index (χ3v) is 11.4. The number of unbranched alkanes of at least 4 members (excludes halogenated alkanes) is 23. The van der Waals surface area contributed by atoms with E-state index in [2.05, 4.69) is 74.6 Å². The first-order chi connectivity index (χ1) is 29.8. The summed E-state index contributed by atoms with van der Waals surface area (Å²) in [5, 5.41) is 0. The molecule has 0 saturated heterocycles. The van der Waals surface area contributed by atoms with Crippen molar-refractivity contribution in [3.8, 4) is 0 Å². The van der Waals surface area contributed by atoms with Gasteiger partial charge in [0.15, 0.2) is 6.10 Å². The molecule has 61 heavy (non-hydrogen) atoms. The van der Waals surface area contributed by atoms with Crippen molar-refractivity contribution in [2.45, 2.75) is 225 Å². The van der Waals surface area contributed by atoms with E-state index in [0.29, 0.717) is 6.42 Å². The maximum absolute atomic E-state index is 12.6. The first-order valence-corrected chi connectivity index (χ1v) is 26.3. The summed E-state index contributed by atoms with van der Waals surface area (Å²) in [6.45, 7) is 3.58. The minimum Gasteiger partial charge on any atom is -0.462 e. The summed E-state index contributed by atoms with van der Waals surface area (Å²) >= 11 is 0. The van der Waals surface area contributed by atoms with Crippen molar-refractivity contribution < 1.29 is 37.6 Å². The lowest BCUT2D eigenvalue weighted by atomic mass is 10.0. The molecule has 0 aromatic rings. The number of esters is 2. The first-order valence-electron chi connectivity index (χ1n) is 24.8. The standard InChI is InChI=1S/C51H92NO8P/c1-3-5-7-9-11-12-13-14-15-16-17-18-19-20-21-22-23-24-25-26-27-28-29-30-31-32-33-34-35-36-38-40-42-44-51(54)60-49(48-59-61(55,56)58-46-45-52)47-57-50(53)43-41-39-37-10-8-6-4-2/h5,7,11-12,14-15,17-18,20-21,49H,3-4,6,8-10,13,16,19,22-48,52H2,1-2H3,(H,55,56)/b7-5-,12-11-,15-14-,18-17-,21-20-. The maximum Gasteiger partial charge on any atom is 0.472 e. The van der Waals surface area contributed by atoms with Gasteiger partial charge in [-0.15, -0.1) is 0 Å². The van der Waals surface area contributed by atoms with Crippen LogP contribution in [0.2, 0.25) is 0 Å². The van der Waals surface area contributed by atoms with Crippen LogP contribution < -0.4 is 5.73 Å². The normalized spacial score (nSPS) is 13.7. The van der Waals surface area contributed by atoms with Crippen LogP contribution in [0.25, 0.3) is 0 Å². The van der Waals surface area contributed by atoms with E-state index in [1.54, 1.807) is 0 Å². The Labute approximate surface area is 374 Å². The van der Waals surface area contributed by atoms with E-state index in [4.69, 9.17) is 24.3 Å². The molecule has 2 unspecified atom stereocenters. The molecule has 0 radical (unpaired) electrons. The number of nitrogens with two attached hydrogens (primary N) is 1. The van der Waals surface area contributed by atoms with Crippen LogP contribution in [0.4, 0.5) is 0 Å². The molecule has 0 rings (SSSR count). The highest BCUT2D eigenvalue weighted by Crippen LogP contribution is 2.43. The van der Waals surface area contributed by atoms with Crippen molar-refractivity contribution in [2.75, 3.05) is 26.4 Å². The summed E-state index contributed by atoms with van der Waals surface area (Å²) in [6, 6.07) is 0. The molecule has 0 fully saturated rings. The van der Waals surface area contributed by atoms with Gasteiger partial charge in [0.25, 0.3) is 0 Å². The molecular formula is C51H92NO8P. The Morgan fingerprint density at radius 2 is 0.902 bits per heavy atom. The van der Waals surface area contributed by atoms with Gasteiger partial charge in [-0.3, -0.25) is 18.6 Å². The van der Waals surface area contributed by atoms with E-state index in [1.165, 1.54) is 116 Å². The number of phosphoric acid groups is 1. The summed E-state index contributed by atoms with van der Waals surface area (Å²) in [7, 11) is -4.37. The van der Waals surface area contributed by atoms with Crippen LogP contribution in [0.15, 0.2) is 60.8 Å². The van der Waals surface area contributed by atoms with Gasteiger partial charge in [0.1, 0.15) is 6.61 Å². The molecule has 0 aliphatic carbocycles. The first kappa shape index (κ1) is 58.7. The van der Waals surface area contributed by atoms with Crippen LogP contribution in [0, 0.1) is 0 Å². The summed E-state index contributed by atoms with van der Waals surface area (Å²) in [5.74, 6) is -0.831. The second kappa shape index (κ2) is 47.2. The van der Waals surface area contributed by atoms with Gasteiger partial charge in [-0.2, -0.15) is 0 Å². The highest BCUT2D eigenvalue weighted by molar-refractivity contribution is 7.47. The van der Waals surface area contributed by atoms with Gasteiger partial charge in [0.2, 0.25) is 0 Å². The maximum atomic E-state index is 12.6. The van der Waals surface area contributed by atoms with Gasteiger partial charge >= 0.3 is 19.8 Å². The molecule has 0 heterocycles. The predicted molar refractivity (Wildman–Crippen MR) is 256 cm³/mol. The fourth-order valence-corrected chi connectivity index (χ4v) is 7.55. The lowest BCUT2D eigenvalue weighted by molar-refractivity contribution is -0.161. The number of hydrogen-bond donors (Lipinski definition) is 2. The summed E-state index contributed by atoms with van der Waals surface area (Å²) in [4.78, 5) is 34.7. The Morgan fingerprint density at radius 3 is 1.34 bits per heavy atom. The molecule has 9 nitrogen and oxygen atoms in total. The van der Waals surface area contributed by atoms with Gasteiger partial charge in [0.05, 0.1) is 13.2 Å². The molecule has 0 bridgehead atoms. The SMILES string of the molecule is CC/C=C\C/C=C\C/C=C\C/C=C\C/C=C\CCCCCCCCCCCCCCCCCCCC(=O)OC(COC(=O)CCCCCCCCC)COP(=O)(O)OCCN. The zero-order chi connectivity index (χ0) is 44.6. The molecule has 0 spiro atoms. The zero-order valence-corrected chi connectivity index (χ0v) is 40.0. The molecule has 0 saturated carbocycles. The van der Waals surface area contributed by atoms with Crippen LogP contribution in [0.3, 0.4) is 0 Å². The van der Waals surface area contributed by atoms with Crippen LogP contribution >= 0.6 is 7.82 Å². The minimum absolute atomic E-state index is 0.0537. The third-order valence-electron chi connectivity index (χ3n) is 10.4. The summed E-state index contributed by atoms with van der Waals surface area (Å²) < 4.78 is 32.7. The minimum atomic E-state index is -4.37. The predicted octanol–water partition coefficient (Wildman–Crippen LogP) is 14.8. The van der Waals surface area contributed by atoms with Crippen molar-refractivity contribution in [2.24, 2.45) is 5.73 Å². The van der Waals surface area contributed by atoms with E-state index in [9.17, 15) is 19.0 Å². The number of rotatable bonds is 46. The lowest BCUT2D eigenvalue weighted by Crippen LogP contribution is -2.29. The van der Waals surface area contributed by atoms with Crippen LogP contribution in [0.1, 0.15) is 219 Å². The van der Waals surface area contributed by atoms with Gasteiger partial charge in [-0.05, 0) is 57.8 Å². The van der Waals surface area contributed by atoms with Crippen LogP contribution in [-0.4, -0.2) is 49.3 Å². The number of phosphoric ester groups is 1. The lowest BCUT2D eigenvalue weighted by Gasteiger charge is -2.19. The molecular weight excluding hydrogens is 786 g/mol. The van der Waals surface area contributed by atoms with Crippen molar-refractivity contribution in [1.82, 2.24) is 0 Å². The molecule has 0 aromatic heterocycles. The second-order valence-electron chi connectivity index (χ2n) is 16.3. The zero-order valence-electron chi connectivity index (χ0n) is 39.1. The number of hydrogen-bond acceptors (Lipinski definition) is 8. The van der Waals surface area contributed by atoms with E-state index in [1.807, 2.05) is 0 Å². The Balaban J connectivity index is 3.81. The van der Waals surface area contributed by atoms with E-state index in [0.717, 1.165) is 70.6 Å². The van der Waals surface area contributed by atoms with Crippen molar-refractivity contribution in [3.63, 3.8) is 0 Å². The third kappa shape index (κ3) is 47.0. The molecule has 0 amide bonds. The monoisotopic (exact) mass is 878 g/mol. The Hall–Kier alpha value is -2.29. The van der Waals surface area contributed by atoms with Gasteiger partial charge < -0.3 is 20.1 Å². The smallest absolute Gasteiger partial charge is 0.462 e. The average molecular weight is 878 g/mol. The molecule has 0 aromatic carbocycles. The highest BCUT2D eigenvalue weighted by Gasteiger charge is 2.26. The van der Waals surface area contributed by atoms with Crippen LogP contribution in [0.5, 0.6) is 0 Å². The number of ether oxygens (including phenoxy) is 2. The van der Waals surface area contributed by atoms with Gasteiger partial charge in [-0.25, -0.2) is 4.57 Å².